The van der Waals surface area contributed by atoms with Crippen molar-refractivity contribution in [2.24, 2.45) is 23.7 Å². The van der Waals surface area contributed by atoms with Gasteiger partial charge < -0.3 is 23.7 Å². The highest BCUT2D eigenvalue weighted by Gasteiger charge is 2.69. The van der Waals surface area contributed by atoms with Gasteiger partial charge in [-0.25, -0.2) is 14.5 Å². The number of rotatable bonds is 6. The highest BCUT2D eigenvalue weighted by atomic mass is 17.3. The predicted octanol–water partition coefficient (Wildman–Crippen LogP) is 4.29. The number of aromatic nitrogens is 3. The van der Waals surface area contributed by atoms with E-state index in [9.17, 15) is 0 Å². The molecule has 1 spiro atoms. The summed E-state index contributed by atoms with van der Waals surface area (Å²) in [5.74, 6) is 1.91. The molecule has 0 amide bonds. The summed E-state index contributed by atoms with van der Waals surface area (Å²) in [4.78, 5) is 12.2. The van der Waals surface area contributed by atoms with Crippen molar-refractivity contribution >= 4 is 0 Å². The number of ether oxygens (including phenoxy) is 5. The first kappa shape index (κ1) is 25.7. The highest BCUT2D eigenvalue weighted by Crippen LogP contribution is 2.60. The van der Waals surface area contributed by atoms with Crippen LogP contribution in [0.3, 0.4) is 0 Å². The van der Waals surface area contributed by atoms with Crippen molar-refractivity contribution in [2.75, 3.05) is 20.8 Å². The molecule has 1 aromatic carbocycles. The average Bonchev–Trinajstić information content (AvgIpc) is 3.22. The Morgan fingerprint density at radius 3 is 2.67 bits per heavy atom. The second-order valence-corrected chi connectivity index (χ2v) is 12.1. The second-order valence-electron chi connectivity index (χ2n) is 12.1. The first-order valence-corrected chi connectivity index (χ1v) is 14.4. The van der Waals surface area contributed by atoms with Crippen LogP contribution in [0.5, 0.6) is 11.5 Å². The third-order valence-corrected chi connectivity index (χ3v) is 10.0. The summed E-state index contributed by atoms with van der Waals surface area (Å²) in [6.45, 7) is 7.55. The number of methoxy groups -OCH3 is 2. The quantitative estimate of drug-likeness (QED) is 0.497. The molecule has 4 saturated heterocycles. The van der Waals surface area contributed by atoms with Crippen molar-refractivity contribution in [2.45, 2.75) is 89.8 Å². The second kappa shape index (κ2) is 9.41. The van der Waals surface area contributed by atoms with Gasteiger partial charge in [0.05, 0.1) is 33.1 Å². The van der Waals surface area contributed by atoms with Gasteiger partial charge in [0.1, 0.15) is 5.69 Å². The summed E-state index contributed by atoms with van der Waals surface area (Å²) < 4.78 is 32.4. The van der Waals surface area contributed by atoms with Gasteiger partial charge in [-0.1, -0.05) is 19.1 Å². The van der Waals surface area contributed by atoms with Gasteiger partial charge in [-0.3, -0.25) is 0 Å². The SMILES string of the molecule is COc1cc2c(cc1OC)-c1nnn(CCOC3O[C@@H]4O[C@@]5(C)CC[C@H]6[C@H](C)CC[C@@H]([C@H]3C)[C@@]46OO5)c1CC2. The van der Waals surface area contributed by atoms with Crippen molar-refractivity contribution < 1.29 is 33.5 Å². The number of fused-ring (bicyclic) bond motifs is 5. The van der Waals surface area contributed by atoms with Gasteiger partial charge in [0.25, 0.3) is 0 Å². The Kier molecular flexibility index (Phi) is 6.20. The van der Waals surface area contributed by atoms with Gasteiger partial charge in [-0.05, 0) is 68.6 Å². The van der Waals surface area contributed by atoms with Crippen LogP contribution >= 0.6 is 0 Å². The lowest BCUT2D eigenvalue weighted by atomic mass is 9.58. The molecule has 39 heavy (non-hydrogen) atoms. The lowest BCUT2D eigenvalue weighted by Crippen LogP contribution is -2.70. The number of hydrogen-bond donors (Lipinski definition) is 0. The molecular weight excluding hydrogens is 502 g/mol. The monoisotopic (exact) mass is 541 g/mol. The average molecular weight is 542 g/mol. The van der Waals surface area contributed by atoms with Crippen LogP contribution in [0.25, 0.3) is 11.3 Å². The van der Waals surface area contributed by atoms with Crippen LogP contribution in [0.4, 0.5) is 0 Å². The van der Waals surface area contributed by atoms with Crippen LogP contribution in [-0.2, 0) is 43.4 Å². The molecule has 1 saturated carbocycles. The smallest absolute Gasteiger partial charge is 0.201 e. The third-order valence-electron chi connectivity index (χ3n) is 10.0. The summed E-state index contributed by atoms with van der Waals surface area (Å²) >= 11 is 0. The summed E-state index contributed by atoms with van der Waals surface area (Å²) in [6.07, 6.45) is 4.90. The number of hydrogen-bond acceptors (Lipinski definition) is 9. The summed E-state index contributed by atoms with van der Waals surface area (Å²) in [5.41, 5.74) is 3.68. The lowest BCUT2D eigenvalue weighted by Gasteiger charge is -2.60. The van der Waals surface area contributed by atoms with Crippen LogP contribution in [0, 0.1) is 23.7 Å². The molecule has 0 N–H and O–H groups in total. The number of aryl methyl sites for hydroxylation is 1. The Balaban J connectivity index is 1.07. The topological polar surface area (TPSA) is 95.3 Å². The van der Waals surface area contributed by atoms with E-state index in [0.29, 0.717) is 30.7 Å². The van der Waals surface area contributed by atoms with Crippen molar-refractivity contribution in [1.29, 1.82) is 0 Å². The molecule has 2 aliphatic carbocycles. The fourth-order valence-corrected chi connectivity index (χ4v) is 7.89. The van der Waals surface area contributed by atoms with E-state index in [1.54, 1.807) is 14.2 Å². The van der Waals surface area contributed by atoms with E-state index in [4.69, 9.17) is 33.5 Å². The molecule has 2 bridgehead atoms. The van der Waals surface area contributed by atoms with E-state index >= 15 is 0 Å². The maximum absolute atomic E-state index is 6.56. The van der Waals surface area contributed by atoms with Crippen LogP contribution in [-0.4, -0.2) is 59.8 Å². The molecule has 2 aromatic rings. The Hall–Kier alpha value is -2.24. The molecule has 8 rings (SSSR count). The minimum absolute atomic E-state index is 0.143. The molecule has 5 fully saturated rings. The molecule has 1 unspecified atom stereocenters. The predicted molar refractivity (Wildman–Crippen MR) is 139 cm³/mol. The summed E-state index contributed by atoms with van der Waals surface area (Å²) in [5, 5.41) is 9.02. The minimum atomic E-state index is -0.786. The summed E-state index contributed by atoms with van der Waals surface area (Å²) in [7, 11) is 3.31. The molecule has 10 heteroatoms. The van der Waals surface area contributed by atoms with E-state index in [0.717, 1.165) is 54.8 Å². The first-order chi connectivity index (χ1) is 18.9. The Labute approximate surface area is 229 Å². The fraction of sp³-hybridized carbons (Fsp3) is 0.724. The van der Waals surface area contributed by atoms with Crippen LogP contribution in [0.2, 0.25) is 0 Å². The molecular formula is C29H39N3O7. The maximum Gasteiger partial charge on any atom is 0.201 e. The molecule has 8 atom stereocenters. The van der Waals surface area contributed by atoms with Crippen molar-refractivity contribution in [3.05, 3.63) is 23.4 Å². The van der Waals surface area contributed by atoms with Crippen LogP contribution in [0.15, 0.2) is 12.1 Å². The fourth-order valence-electron chi connectivity index (χ4n) is 7.89. The Morgan fingerprint density at radius 1 is 1.03 bits per heavy atom. The van der Waals surface area contributed by atoms with Gasteiger partial charge in [0.2, 0.25) is 5.79 Å². The van der Waals surface area contributed by atoms with Gasteiger partial charge in [0.15, 0.2) is 29.7 Å². The molecule has 6 aliphatic rings. The van der Waals surface area contributed by atoms with E-state index in [1.807, 2.05) is 23.7 Å². The van der Waals surface area contributed by atoms with Crippen LogP contribution < -0.4 is 9.47 Å². The number of nitrogens with zero attached hydrogens (tertiary/aromatic N) is 3. The molecule has 4 aliphatic heterocycles. The number of benzene rings is 1. The van der Waals surface area contributed by atoms with Gasteiger partial charge in [-0.2, -0.15) is 0 Å². The lowest BCUT2D eigenvalue weighted by molar-refractivity contribution is -0.577. The van der Waals surface area contributed by atoms with Gasteiger partial charge >= 0.3 is 0 Å². The van der Waals surface area contributed by atoms with Crippen molar-refractivity contribution in [1.82, 2.24) is 15.0 Å². The first-order valence-electron chi connectivity index (χ1n) is 14.4. The standard InChI is InChI=1S/C29H39N3O7/c1-16-6-8-21-17(2)26(36-27-29(21)20(16)10-11-28(3,37-27)38-39-29)35-13-12-32-22-9-7-18-14-23(33-4)24(34-5)15-19(18)25(22)30-31-32/h14-17,20-21,26-27H,6-13H2,1-5H3/t16-,17-,20+,21+,26?,27-,28-,29-/m1/s1. The zero-order valence-corrected chi connectivity index (χ0v) is 23.5. The van der Waals surface area contributed by atoms with E-state index in [2.05, 4.69) is 24.2 Å². The normalized spacial score (nSPS) is 38.4. The zero-order valence-electron chi connectivity index (χ0n) is 23.5. The Bertz CT molecular complexity index is 1250. The zero-order chi connectivity index (χ0) is 26.9. The summed E-state index contributed by atoms with van der Waals surface area (Å²) in [6, 6.07) is 4.04. The molecule has 1 aromatic heterocycles. The van der Waals surface area contributed by atoms with E-state index in [1.165, 1.54) is 12.0 Å². The molecule has 212 valence electrons. The molecule has 5 heterocycles. The molecule has 0 radical (unpaired) electrons. The van der Waals surface area contributed by atoms with E-state index < -0.39 is 17.7 Å². The van der Waals surface area contributed by atoms with Crippen molar-refractivity contribution in [3.8, 4) is 22.8 Å². The maximum atomic E-state index is 6.56. The Morgan fingerprint density at radius 2 is 1.85 bits per heavy atom. The molecule has 10 nitrogen and oxygen atoms in total. The van der Waals surface area contributed by atoms with E-state index in [-0.39, 0.29) is 18.1 Å². The minimum Gasteiger partial charge on any atom is -0.493 e. The van der Waals surface area contributed by atoms with Crippen molar-refractivity contribution in [3.63, 3.8) is 0 Å². The van der Waals surface area contributed by atoms with Crippen LogP contribution in [0.1, 0.15) is 57.7 Å². The van der Waals surface area contributed by atoms with Gasteiger partial charge in [-0.15, -0.1) is 5.10 Å². The largest absolute Gasteiger partial charge is 0.493 e. The van der Waals surface area contributed by atoms with Gasteiger partial charge in [0, 0.05) is 23.8 Å². The third kappa shape index (κ3) is 3.86. The highest BCUT2D eigenvalue weighted by molar-refractivity contribution is 5.72.